The number of aromatic nitrogens is 4. The number of furan rings is 4. The second-order valence-corrected chi connectivity index (χ2v) is 25.6. The van der Waals surface area contributed by atoms with Gasteiger partial charge in [-0.25, -0.2) is 34.3 Å². The van der Waals surface area contributed by atoms with Crippen LogP contribution < -0.4 is 16.0 Å². The maximum atomic E-state index is 11.6. The van der Waals surface area contributed by atoms with E-state index in [2.05, 4.69) is 84.1 Å². The van der Waals surface area contributed by atoms with Crippen LogP contribution >= 0.6 is 66.5 Å². The zero-order chi connectivity index (χ0) is 69.2. The Bertz CT molecular complexity index is 4860. The van der Waals surface area contributed by atoms with Crippen molar-refractivity contribution in [1.82, 2.24) is 19.9 Å². The van der Waals surface area contributed by atoms with Crippen LogP contribution in [0.5, 0.6) is 11.5 Å². The van der Waals surface area contributed by atoms with Crippen molar-refractivity contribution in [3.63, 3.8) is 0 Å². The quantitative estimate of drug-likeness (QED) is 0.0247. The Balaban J connectivity index is 0.000000199. The van der Waals surface area contributed by atoms with Gasteiger partial charge in [0.1, 0.15) is 79.7 Å². The van der Waals surface area contributed by atoms with Crippen LogP contribution in [0.3, 0.4) is 0 Å². The van der Waals surface area contributed by atoms with Gasteiger partial charge in [0, 0.05) is 28.5 Å². The molecule has 0 unspecified atom stereocenters. The van der Waals surface area contributed by atoms with E-state index in [1.807, 2.05) is 67.6 Å². The van der Waals surface area contributed by atoms with Gasteiger partial charge in [0.25, 0.3) is 5.56 Å². The van der Waals surface area contributed by atoms with Gasteiger partial charge in [-0.15, -0.1) is 0 Å². The summed E-state index contributed by atoms with van der Waals surface area (Å²) >= 11 is 22.7. The average Bonchev–Trinajstić information content (AvgIpc) is 1.65. The lowest BCUT2D eigenvalue weighted by Gasteiger charge is -2.05. The molecular formula is C63H52BrCl4N8O17P. The fourth-order valence-electron chi connectivity index (χ4n) is 7.59. The van der Waals surface area contributed by atoms with E-state index in [0.29, 0.717) is 83.8 Å². The van der Waals surface area contributed by atoms with Crippen LogP contribution in [-0.2, 0) is 28.4 Å². The lowest BCUT2D eigenvalue weighted by Crippen LogP contribution is -2.12. The van der Waals surface area contributed by atoms with Crippen LogP contribution in [-0.4, -0.2) is 98.3 Å². The summed E-state index contributed by atoms with van der Waals surface area (Å²) < 4.78 is 49.4. The van der Waals surface area contributed by atoms with Crippen LogP contribution in [0.4, 0.5) is 11.4 Å². The number of phenols is 1. The summed E-state index contributed by atoms with van der Waals surface area (Å²) in [5, 5.41) is 44.2. The van der Waals surface area contributed by atoms with Gasteiger partial charge in [-0.1, -0.05) is 100 Å². The molecule has 0 aliphatic heterocycles. The number of aromatic amines is 1. The average molecular weight is 1450 g/mol. The molecule has 0 spiro atoms. The van der Waals surface area contributed by atoms with Gasteiger partial charge >= 0.3 is 29.1 Å². The highest BCUT2D eigenvalue weighted by atomic mass is 79.9. The molecule has 0 saturated carbocycles. The Kier molecular flexibility index (Phi) is 28.4. The van der Waals surface area contributed by atoms with E-state index in [1.54, 1.807) is 105 Å². The number of carbonyl (C=O) groups excluding carboxylic acids is 2. The first-order valence-corrected chi connectivity index (χ1v) is 32.4. The number of para-hydroxylation sites is 6. The summed E-state index contributed by atoms with van der Waals surface area (Å²) in [6.45, 7) is 5.03. The molecule has 0 aliphatic rings. The molecule has 0 bridgehead atoms. The minimum Gasteiger partial charge on any atom is -0.507 e. The van der Waals surface area contributed by atoms with E-state index >= 15 is 0 Å². The van der Waals surface area contributed by atoms with Gasteiger partial charge in [-0.3, -0.25) is 14.2 Å². The number of aliphatic imine (C=N–C) groups is 1. The van der Waals surface area contributed by atoms with Crippen molar-refractivity contribution in [2.45, 2.75) is 20.8 Å². The number of nitrogens with two attached hydrogens (primary N) is 1. The smallest absolute Gasteiger partial charge is 0.374 e. The molecule has 94 heavy (non-hydrogen) atoms. The number of H-pyrrole nitrogens is 1. The predicted octanol–water partition coefficient (Wildman–Crippen LogP) is 15.6. The maximum absolute atomic E-state index is 11.6. The second-order valence-electron chi connectivity index (χ2n) is 18.0. The van der Waals surface area contributed by atoms with Crippen LogP contribution in [0.2, 0.25) is 5.15 Å². The Morgan fingerprint density at radius 3 is 1.56 bits per heavy atom. The molecule has 12 rings (SSSR count). The molecule has 6 aromatic heterocycles. The summed E-state index contributed by atoms with van der Waals surface area (Å²) in [5.74, 6) is -1.33. The zero-order valence-electron chi connectivity index (χ0n) is 49.9. The third-order valence-electron chi connectivity index (χ3n) is 11.7. The summed E-state index contributed by atoms with van der Waals surface area (Å²) in [4.78, 5) is 73.3. The van der Waals surface area contributed by atoms with Gasteiger partial charge in [0.2, 0.25) is 17.1 Å². The minimum atomic E-state index is -3.22. The molecule has 12 aromatic rings. The number of aryl methyl sites for hydroxylation is 2. The number of hydrogen-bond acceptors (Lipinski definition) is 22. The van der Waals surface area contributed by atoms with Gasteiger partial charge in [0.05, 0.1) is 38.1 Å². The molecule has 0 radical (unpaired) electrons. The van der Waals surface area contributed by atoms with Crippen molar-refractivity contribution in [2.24, 2.45) is 4.99 Å². The molecule has 0 aliphatic carbocycles. The highest BCUT2D eigenvalue weighted by Gasteiger charge is 2.21. The first kappa shape index (κ1) is 74.3. The van der Waals surface area contributed by atoms with Crippen LogP contribution in [0.15, 0.2) is 173 Å². The van der Waals surface area contributed by atoms with Crippen molar-refractivity contribution >= 4 is 174 Å². The number of aromatic hydroxyl groups is 1. The number of nitrogens with one attached hydrogen (secondary N) is 1. The monoisotopic (exact) mass is 1440 g/mol. The number of nitrogens with zero attached hydrogens (tertiary/aromatic N) is 6. The lowest BCUT2D eigenvalue weighted by molar-refractivity contribution is -0.143. The molecule has 25 nitrogen and oxygen atoms in total. The number of aromatic carboxylic acids is 2. The number of carboxylic acid groups (broad SMARTS) is 2. The first-order chi connectivity index (χ1) is 44.8. The number of fused-ring (bicyclic) bond motifs is 8. The number of carbonyl (C=O) groups is 4. The lowest BCUT2D eigenvalue weighted by atomic mass is 10.2. The Hall–Kier alpha value is -10.4. The minimum absolute atomic E-state index is 0.0417. The standard InChI is InChI=1S/C12H11NO4.C11H7ClN2O.C11H8N2O2.C10H9NO3.C9H7NO3.C7H5NO.C3H5BrO2.Cl3OP/c1-7(16-2)13-10-8-5-3-4-6-9(8)17-11(10)12(14)15;1-6-13-9-7-4-2-3-5-8(7)15-10(9)11(12)14-6;1-6-12-9-7-4-2-3-5-8(7)15-10(9)11(14)13-6;1-13-10(12)7-14-9-5-3-2-4-8(9)6-11;10-7-5-3-1-2-4-6(5)13-8(7)9(11)12;8-5-6-3-1-2-4-7(6)9;1-6-3(5)2-4;1-5(2,3)4/h3-6H,1-2H3,(H,14,15);2-5H,1H3;2-5H,1H3,(H,12,13,14);2-5H,7H2,1H3;1-4H,10H2,(H,11,12);1-4,9H;2H2,1H3;. The Morgan fingerprint density at radius 1 is 0.638 bits per heavy atom. The molecular weight excluding hydrogens is 1390 g/mol. The summed E-state index contributed by atoms with van der Waals surface area (Å²) in [6.07, 6.45) is 0. The molecule has 0 saturated heterocycles. The molecule has 0 amide bonds. The number of hydrogen-bond donors (Lipinski definition) is 5. The largest absolute Gasteiger partial charge is 0.507 e. The highest BCUT2D eigenvalue weighted by Crippen LogP contribution is 2.61. The third kappa shape index (κ3) is 21.6. The van der Waals surface area contributed by atoms with Crippen molar-refractivity contribution in [3.05, 3.63) is 195 Å². The SMILES string of the molecule is COC(=O)CBr.COC(=O)COc1ccccc1C#N.COC(C)=Nc1c(C(=O)O)oc2ccccc12.Cc1nc(Cl)c2oc3ccccc3c2n1.Cc1nc2c(oc3ccccc32)c(=O)[nH]1.N#Cc1ccccc1O.Nc1c(C(=O)O)oc2ccccc12.O=P(Cl)(Cl)Cl. The number of nitrogen functional groups attached to an aromatic ring is 1. The van der Waals surface area contributed by atoms with Crippen LogP contribution in [0.25, 0.3) is 66.1 Å². The molecule has 0 fully saturated rings. The van der Waals surface area contributed by atoms with E-state index in [1.165, 1.54) is 27.4 Å². The summed E-state index contributed by atoms with van der Waals surface area (Å²) in [5.41, 5.74) is 11.3. The third-order valence-corrected chi connectivity index (χ3v) is 12.5. The van der Waals surface area contributed by atoms with Crippen molar-refractivity contribution in [3.8, 4) is 23.6 Å². The van der Waals surface area contributed by atoms with Gasteiger partial charge in [0.15, 0.2) is 23.2 Å². The summed E-state index contributed by atoms with van der Waals surface area (Å²) in [7, 11) is 4.10. The number of nitriles is 2. The zero-order valence-corrected chi connectivity index (χ0v) is 55.4. The number of anilines is 1. The molecule has 31 heteroatoms. The number of benzene rings is 6. The van der Waals surface area contributed by atoms with E-state index in [-0.39, 0.29) is 52.1 Å². The number of methoxy groups -OCH3 is 3. The fourth-order valence-corrected chi connectivity index (χ4v) is 8.07. The molecule has 0 atom stereocenters. The Morgan fingerprint density at radius 2 is 1.09 bits per heavy atom. The van der Waals surface area contributed by atoms with Gasteiger partial charge < -0.3 is 62.7 Å². The number of halogens is 5. The van der Waals surface area contributed by atoms with Crippen LogP contribution in [0, 0.1) is 36.5 Å². The number of phenolic OH excluding ortho intramolecular Hbond substituents is 1. The normalized spacial score (nSPS) is 10.4. The van der Waals surface area contributed by atoms with Gasteiger partial charge in [-0.05, 0) is 120 Å². The first-order valence-electron chi connectivity index (χ1n) is 26.5. The number of esters is 2. The molecule has 6 heterocycles. The molecule has 6 aromatic carbocycles. The topological polar surface area (TPSA) is 393 Å². The Labute approximate surface area is 560 Å². The highest BCUT2D eigenvalue weighted by molar-refractivity contribution is 9.09. The van der Waals surface area contributed by atoms with Crippen molar-refractivity contribution < 1.29 is 75.7 Å². The molecule has 6 N–H and O–H groups in total. The number of carboxylic acids is 2. The van der Waals surface area contributed by atoms with E-state index < -0.39 is 23.1 Å². The fraction of sp³-hybridized carbons (Fsp3) is 0.127. The number of ether oxygens (including phenoxy) is 4. The summed E-state index contributed by atoms with van der Waals surface area (Å²) in [6, 6.07) is 46.1. The van der Waals surface area contributed by atoms with Crippen molar-refractivity contribution in [2.75, 3.05) is 39.0 Å². The van der Waals surface area contributed by atoms with E-state index in [9.17, 15) is 28.5 Å². The van der Waals surface area contributed by atoms with E-state index in [4.69, 9.17) is 70.3 Å². The number of alkyl halides is 1. The van der Waals surface area contributed by atoms with Gasteiger partial charge in [-0.2, -0.15) is 10.5 Å². The maximum Gasteiger partial charge on any atom is 0.374 e. The van der Waals surface area contributed by atoms with E-state index in [0.717, 1.165) is 21.9 Å². The van der Waals surface area contributed by atoms with Crippen molar-refractivity contribution in [1.29, 1.82) is 10.5 Å². The predicted molar refractivity (Wildman–Crippen MR) is 359 cm³/mol. The van der Waals surface area contributed by atoms with Crippen LogP contribution in [0.1, 0.15) is 50.8 Å². The second kappa shape index (κ2) is 36.0. The number of rotatable bonds is 7. The molecule has 486 valence electrons.